The van der Waals surface area contributed by atoms with Gasteiger partial charge in [-0.3, -0.25) is 9.69 Å². The lowest BCUT2D eigenvalue weighted by Gasteiger charge is -2.35. The minimum Gasteiger partial charge on any atom is -0.497 e. The van der Waals surface area contributed by atoms with E-state index in [0.717, 1.165) is 35.0 Å². The number of nitrogens with zero attached hydrogens (tertiary/aromatic N) is 2. The van der Waals surface area contributed by atoms with E-state index in [0.29, 0.717) is 37.0 Å². The average molecular weight is 484 g/mol. The third-order valence-corrected chi connectivity index (χ3v) is 6.70. The first-order valence-corrected chi connectivity index (χ1v) is 11.9. The molecule has 3 aromatic rings. The highest BCUT2D eigenvalue weighted by Gasteiger charge is 2.24. The van der Waals surface area contributed by atoms with Crippen LogP contribution in [0.5, 0.6) is 17.2 Å². The van der Waals surface area contributed by atoms with Crippen LogP contribution in [-0.4, -0.2) is 70.0 Å². The summed E-state index contributed by atoms with van der Waals surface area (Å²) in [5.74, 6) is 1.87. The molecular weight excluding hydrogens is 454 g/mol. The molecule has 0 spiro atoms. The largest absolute Gasteiger partial charge is 0.497 e. The number of ether oxygens (including phenoxy) is 4. The fourth-order valence-corrected chi connectivity index (χ4v) is 4.73. The van der Waals surface area contributed by atoms with Gasteiger partial charge in [0.2, 0.25) is 0 Å². The molecule has 9 heteroatoms. The molecule has 34 heavy (non-hydrogen) atoms. The molecule has 8 nitrogen and oxygen atoms in total. The van der Waals surface area contributed by atoms with Crippen LogP contribution in [0.3, 0.4) is 0 Å². The van der Waals surface area contributed by atoms with Crippen LogP contribution in [0.25, 0.3) is 10.6 Å². The fraction of sp³-hybridized carbons (Fsp3) is 0.360. The Bertz CT molecular complexity index is 1100. The molecule has 1 N–H and O–H groups in total. The van der Waals surface area contributed by atoms with Crippen molar-refractivity contribution in [3.05, 3.63) is 59.1 Å². The fourth-order valence-electron chi connectivity index (χ4n) is 3.93. The summed E-state index contributed by atoms with van der Waals surface area (Å²) in [6.07, 6.45) is 0. The van der Waals surface area contributed by atoms with Gasteiger partial charge >= 0.3 is 0 Å². The molecule has 1 unspecified atom stereocenters. The Hall–Kier alpha value is -3.14. The van der Waals surface area contributed by atoms with E-state index in [9.17, 15) is 4.79 Å². The topological polar surface area (TPSA) is 82.2 Å². The molecule has 1 saturated heterocycles. The van der Waals surface area contributed by atoms with Gasteiger partial charge in [-0.05, 0) is 35.9 Å². The van der Waals surface area contributed by atoms with Gasteiger partial charge in [-0.2, -0.15) is 0 Å². The second-order valence-corrected chi connectivity index (χ2v) is 8.61. The van der Waals surface area contributed by atoms with E-state index >= 15 is 0 Å². The third kappa shape index (κ3) is 5.49. The quantitative estimate of drug-likeness (QED) is 0.498. The predicted octanol–water partition coefficient (Wildman–Crippen LogP) is 3.64. The lowest BCUT2D eigenvalue weighted by Crippen LogP contribution is -2.43. The van der Waals surface area contributed by atoms with Crippen molar-refractivity contribution in [2.75, 3.05) is 54.2 Å². The summed E-state index contributed by atoms with van der Waals surface area (Å²) >= 11 is 1.42. The van der Waals surface area contributed by atoms with Crippen LogP contribution in [0, 0.1) is 0 Å². The number of carbonyl (C=O) groups excluding carboxylic acids is 1. The van der Waals surface area contributed by atoms with Crippen LogP contribution in [0.1, 0.15) is 22.1 Å². The highest BCUT2D eigenvalue weighted by atomic mass is 32.1. The van der Waals surface area contributed by atoms with Crippen LogP contribution in [0.4, 0.5) is 0 Å². The maximum atomic E-state index is 13.0. The van der Waals surface area contributed by atoms with Gasteiger partial charge in [0.25, 0.3) is 5.91 Å². The zero-order valence-electron chi connectivity index (χ0n) is 19.6. The Morgan fingerprint density at radius 3 is 2.47 bits per heavy atom. The molecular formula is C25H29N3O5S. The number of morpholine rings is 1. The summed E-state index contributed by atoms with van der Waals surface area (Å²) in [6.45, 7) is 3.45. The minimum absolute atomic E-state index is 0.0303. The number of benzene rings is 2. The smallest absolute Gasteiger partial charge is 0.270 e. The highest BCUT2D eigenvalue weighted by Crippen LogP contribution is 2.33. The van der Waals surface area contributed by atoms with E-state index in [1.807, 2.05) is 42.5 Å². The van der Waals surface area contributed by atoms with Crippen molar-refractivity contribution in [1.29, 1.82) is 0 Å². The number of methoxy groups -OCH3 is 3. The van der Waals surface area contributed by atoms with Crippen molar-refractivity contribution in [3.8, 4) is 27.8 Å². The summed E-state index contributed by atoms with van der Waals surface area (Å²) < 4.78 is 21.5. The second kappa shape index (κ2) is 11.3. The molecule has 0 bridgehead atoms. The number of carbonyl (C=O) groups is 1. The maximum Gasteiger partial charge on any atom is 0.270 e. The molecule has 0 radical (unpaired) electrons. The van der Waals surface area contributed by atoms with Gasteiger partial charge in [0.15, 0.2) is 11.5 Å². The molecule has 2 aromatic carbocycles. The summed E-state index contributed by atoms with van der Waals surface area (Å²) in [4.78, 5) is 19.8. The van der Waals surface area contributed by atoms with Crippen molar-refractivity contribution in [2.45, 2.75) is 6.04 Å². The van der Waals surface area contributed by atoms with E-state index in [1.165, 1.54) is 11.3 Å². The van der Waals surface area contributed by atoms with Gasteiger partial charge in [-0.1, -0.05) is 12.1 Å². The molecule has 4 rings (SSSR count). The molecule has 1 aliphatic rings. The van der Waals surface area contributed by atoms with Crippen molar-refractivity contribution in [3.63, 3.8) is 0 Å². The lowest BCUT2D eigenvalue weighted by atomic mass is 10.0. The highest BCUT2D eigenvalue weighted by molar-refractivity contribution is 7.13. The Balaban J connectivity index is 1.47. The summed E-state index contributed by atoms with van der Waals surface area (Å²) in [6, 6.07) is 13.6. The maximum absolute atomic E-state index is 13.0. The van der Waals surface area contributed by atoms with Gasteiger partial charge in [0, 0.05) is 30.6 Å². The zero-order chi connectivity index (χ0) is 23.9. The van der Waals surface area contributed by atoms with Crippen molar-refractivity contribution < 1.29 is 23.7 Å². The van der Waals surface area contributed by atoms with E-state index in [1.54, 1.807) is 26.7 Å². The van der Waals surface area contributed by atoms with Crippen LogP contribution in [0.15, 0.2) is 47.8 Å². The van der Waals surface area contributed by atoms with Crippen molar-refractivity contribution >= 4 is 17.2 Å². The molecule has 2 heterocycles. The number of rotatable bonds is 9. The number of thiazole rings is 1. The molecule has 0 saturated carbocycles. The van der Waals surface area contributed by atoms with Gasteiger partial charge in [0.1, 0.15) is 16.5 Å². The average Bonchev–Trinajstić information content (AvgIpc) is 3.40. The third-order valence-electron chi connectivity index (χ3n) is 5.81. The molecule has 1 fully saturated rings. The SMILES string of the molecule is COc1ccc(C(CNC(=O)c2csc(-c3ccc(OC)c(OC)c3)n2)N2CCOCC2)cc1. The normalized spacial score (nSPS) is 14.9. The van der Waals surface area contributed by atoms with Gasteiger partial charge in [0.05, 0.1) is 40.6 Å². The molecule has 1 amide bonds. The van der Waals surface area contributed by atoms with Crippen LogP contribution in [-0.2, 0) is 4.74 Å². The monoisotopic (exact) mass is 483 g/mol. The van der Waals surface area contributed by atoms with Crippen LogP contribution < -0.4 is 19.5 Å². The number of hydrogen-bond donors (Lipinski definition) is 1. The van der Waals surface area contributed by atoms with Crippen molar-refractivity contribution in [1.82, 2.24) is 15.2 Å². The molecule has 1 atom stereocenters. The van der Waals surface area contributed by atoms with Crippen LogP contribution in [0.2, 0.25) is 0 Å². The number of amides is 1. The van der Waals surface area contributed by atoms with Gasteiger partial charge < -0.3 is 24.3 Å². The number of aromatic nitrogens is 1. The first kappa shape index (κ1) is 24.0. The van der Waals surface area contributed by atoms with Crippen LogP contribution >= 0.6 is 11.3 Å². The first-order valence-electron chi connectivity index (χ1n) is 11.0. The van der Waals surface area contributed by atoms with Gasteiger partial charge in [-0.15, -0.1) is 11.3 Å². The predicted molar refractivity (Wildman–Crippen MR) is 131 cm³/mol. The molecule has 180 valence electrons. The number of nitrogens with one attached hydrogen (secondary N) is 1. The molecule has 1 aliphatic heterocycles. The standard InChI is InChI=1S/C25H29N3O5S/c1-30-19-7-4-17(5-8-19)21(28-10-12-33-13-11-28)15-26-24(29)20-16-34-25(27-20)18-6-9-22(31-2)23(14-18)32-3/h4-9,14,16,21H,10-13,15H2,1-3H3,(H,26,29). The Kier molecular flexibility index (Phi) is 7.99. The van der Waals surface area contributed by atoms with E-state index in [4.69, 9.17) is 18.9 Å². The first-order chi connectivity index (χ1) is 16.6. The van der Waals surface area contributed by atoms with E-state index < -0.39 is 0 Å². The lowest BCUT2D eigenvalue weighted by molar-refractivity contribution is 0.0162. The Morgan fingerprint density at radius 1 is 1.06 bits per heavy atom. The van der Waals surface area contributed by atoms with E-state index in [-0.39, 0.29) is 11.9 Å². The van der Waals surface area contributed by atoms with Crippen molar-refractivity contribution in [2.24, 2.45) is 0 Å². The summed E-state index contributed by atoms with van der Waals surface area (Å²) in [5, 5.41) is 5.59. The van der Waals surface area contributed by atoms with E-state index in [2.05, 4.69) is 15.2 Å². The summed E-state index contributed by atoms with van der Waals surface area (Å²) in [5.41, 5.74) is 2.38. The molecule has 0 aliphatic carbocycles. The van der Waals surface area contributed by atoms with Gasteiger partial charge in [-0.25, -0.2) is 4.98 Å². The number of hydrogen-bond acceptors (Lipinski definition) is 8. The minimum atomic E-state index is -0.199. The Labute approximate surface area is 203 Å². The summed E-state index contributed by atoms with van der Waals surface area (Å²) in [7, 11) is 4.84. The second-order valence-electron chi connectivity index (χ2n) is 7.75. The zero-order valence-corrected chi connectivity index (χ0v) is 20.4. The molecule has 1 aromatic heterocycles. The Morgan fingerprint density at radius 2 is 1.79 bits per heavy atom.